The number of rotatable bonds is 2. The molecule has 0 saturated carbocycles. The maximum absolute atomic E-state index is 12.1. The summed E-state index contributed by atoms with van der Waals surface area (Å²) in [6.45, 7) is 0. The van der Waals surface area contributed by atoms with E-state index in [-0.39, 0.29) is 11.3 Å². The molecule has 1 unspecified atom stereocenters. The van der Waals surface area contributed by atoms with E-state index >= 15 is 0 Å². The summed E-state index contributed by atoms with van der Waals surface area (Å²) in [4.78, 5) is 14.0. The van der Waals surface area contributed by atoms with Gasteiger partial charge in [0.1, 0.15) is 5.37 Å². The van der Waals surface area contributed by atoms with Gasteiger partial charge in [-0.1, -0.05) is 46.3 Å². The summed E-state index contributed by atoms with van der Waals surface area (Å²) in [5.41, 5.74) is 2.12. The fourth-order valence-electron chi connectivity index (χ4n) is 2.17. The summed E-state index contributed by atoms with van der Waals surface area (Å²) in [5.74, 6) is 0.705. The fraction of sp³-hybridized carbons (Fsp3) is 0.133. The standard InChI is InChI=1S/C15H12BrNOS/c16-12-6-8-13(9-7-12)17-14(18)10-19-15(17)11-4-2-1-3-5-11/h1-9,15H,10H2. The minimum absolute atomic E-state index is 0.0786. The predicted molar refractivity (Wildman–Crippen MR) is 83.3 cm³/mol. The van der Waals surface area contributed by atoms with E-state index in [0.717, 1.165) is 10.2 Å². The fourth-order valence-corrected chi connectivity index (χ4v) is 3.61. The van der Waals surface area contributed by atoms with Gasteiger partial charge in [-0.25, -0.2) is 0 Å². The zero-order chi connectivity index (χ0) is 13.2. The number of nitrogens with zero attached hydrogens (tertiary/aromatic N) is 1. The molecule has 0 bridgehead atoms. The van der Waals surface area contributed by atoms with Gasteiger partial charge in [0.2, 0.25) is 5.91 Å². The van der Waals surface area contributed by atoms with Crippen LogP contribution in [0.1, 0.15) is 10.9 Å². The molecule has 1 heterocycles. The highest BCUT2D eigenvalue weighted by Gasteiger charge is 2.33. The van der Waals surface area contributed by atoms with Crippen LogP contribution in [0.25, 0.3) is 0 Å². The third-order valence-corrected chi connectivity index (χ3v) is 4.80. The zero-order valence-corrected chi connectivity index (χ0v) is 12.5. The van der Waals surface area contributed by atoms with Crippen molar-refractivity contribution in [3.8, 4) is 0 Å². The number of thioether (sulfide) groups is 1. The molecule has 2 nitrogen and oxygen atoms in total. The lowest BCUT2D eigenvalue weighted by Gasteiger charge is -2.24. The Labute approximate surface area is 124 Å². The molecule has 0 radical (unpaired) electrons. The van der Waals surface area contributed by atoms with Crippen LogP contribution in [-0.4, -0.2) is 11.7 Å². The minimum Gasteiger partial charge on any atom is -0.295 e. The van der Waals surface area contributed by atoms with Crippen LogP contribution in [0.3, 0.4) is 0 Å². The molecule has 96 valence electrons. The first kappa shape index (κ1) is 12.8. The Morgan fingerprint density at radius 2 is 1.74 bits per heavy atom. The SMILES string of the molecule is O=C1CSC(c2ccccc2)N1c1ccc(Br)cc1. The summed E-state index contributed by atoms with van der Waals surface area (Å²) >= 11 is 5.10. The average molecular weight is 334 g/mol. The minimum atomic E-state index is 0.0786. The lowest BCUT2D eigenvalue weighted by atomic mass is 10.2. The number of hydrogen-bond donors (Lipinski definition) is 0. The highest BCUT2D eigenvalue weighted by molar-refractivity contribution is 9.10. The van der Waals surface area contributed by atoms with Crippen molar-refractivity contribution in [3.63, 3.8) is 0 Å². The molecule has 0 aromatic heterocycles. The first-order valence-corrected chi connectivity index (χ1v) is 7.84. The largest absolute Gasteiger partial charge is 0.295 e. The monoisotopic (exact) mass is 333 g/mol. The molecule has 2 aromatic carbocycles. The van der Waals surface area contributed by atoms with Crippen LogP contribution in [0.2, 0.25) is 0 Å². The van der Waals surface area contributed by atoms with E-state index < -0.39 is 0 Å². The Balaban J connectivity index is 1.97. The Kier molecular flexibility index (Phi) is 3.62. The van der Waals surface area contributed by atoms with Gasteiger partial charge in [0.15, 0.2) is 0 Å². The van der Waals surface area contributed by atoms with E-state index in [4.69, 9.17) is 0 Å². The topological polar surface area (TPSA) is 20.3 Å². The van der Waals surface area contributed by atoms with Crippen molar-refractivity contribution in [1.82, 2.24) is 0 Å². The smallest absolute Gasteiger partial charge is 0.238 e. The third kappa shape index (κ3) is 2.55. The molecule has 0 aliphatic carbocycles. The van der Waals surface area contributed by atoms with Gasteiger partial charge in [-0.15, -0.1) is 11.8 Å². The maximum Gasteiger partial charge on any atom is 0.238 e. The summed E-state index contributed by atoms with van der Waals surface area (Å²) < 4.78 is 1.02. The van der Waals surface area contributed by atoms with E-state index in [0.29, 0.717) is 5.75 Å². The van der Waals surface area contributed by atoms with Crippen LogP contribution in [0.4, 0.5) is 5.69 Å². The number of carbonyl (C=O) groups excluding carboxylic acids is 1. The molecular weight excluding hydrogens is 322 g/mol. The summed E-state index contributed by atoms with van der Waals surface area (Å²) in [6, 6.07) is 18.0. The highest BCUT2D eigenvalue weighted by atomic mass is 79.9. The first-order valence-electron chi connectivity index (χ1n) is 6.00. The number of anilines is 1. The number of benzene rings is 2. The predicted octanol–water partition coefficient (Wildman–Crippen LogP) is 4.23. The summed E-state index contributed by atoms with van der Waals surface area (Å²) in [6.07, 6.45) is 0. The van der Waals surface area contributed by atoms with Crippen molar-refractivity contribution < 1.29 is 4.79 Å². The van der Waals surface area contributed by atoms with Crippen LogP contribution in [0.5, 0.6) is 0 Å². The molecule has 1 aliphatic heterocycles. The van der Waals surface area contributed by atoms with Gasteiger partial charge >= 0.3 is 0 Å². The second kappa shape index (κ2) is 5.39. The van der Waals surface area contributed by atoms with E-state index in [9.17, 15) is 4.79 Å². The molecule has 0 spiro atoms. The van der Waals surface area contributed by atoms with E-state index in [1.54, 1.807) is 11.8 Å². The second-order valence-electron chi connectivity index (χ2n) is 4.31. The summed E-state index contributed by atoms with van der Waals surface area (Å²) in [5, 5.41) is 0.0786. The van der Waals surface area contributed by atoms with E-state index in [1.165, 1.54) is 5.56 Å². The number of halogens is 1. The van der Waals surface area contributed by atoms with Crippen molar-refractivity contribution in [2.24, 2.45) is 0 Å². The van der Waals surface area contributed by atoms with Crippen LogP contribution >= 0.6 is 27.7 Å². The van der Waals surface area contributed by atoms with Gasteiger partial charge in [-0.2, -0.15) is 0 Å². The lowest BCUT2D eigenvalue weighted by molar-refractivity contribution is -0.115. The van der Waals surface area contributed by atoms with Gasteiger partial charge in [-0.05, 0) is 29.8 Å². The molecule has 19 heavy (non-hydrogen) atoms. The first-order chi connectivity index (χ1) is 9.25. The number of amides is 1. The second-order valence-corrected chi connectivity index (χ2v) is 6.30. The van der Waals surface area contributed by atoms with Crippen LogP contribution in [-0.2, 0) is 4.79 Å². The van der Waals surface area contributed by atoms with E-state index in [2.05, 4.69) is 28.1 Å². The van der Waals surface area contributed by atoms with Gasteiger partial charge in [0.25, 0.3) is 0 Å². The molecule has 3 rings (SSSR count). The molecule has 1 saturated heterocycles. The summed E-state index contributed by atoms with van der Waals surface area (Å²) in [7, 11) is 0. The average Bonchev–Trinajstić information content (AvgIpc) is 2.83. The maximum atomic E-state index is 12.1. The Morgan fingerprint density at radius 3 is 2.42 bits per heavy atom. The van der Waals surface area contributed by atoms with E-state index in [1.807, 2.05) is 47.4 Å². The Hall–Kier alpha value is -1.26. The van der Waals surface area contributed by atoms with Crippen molar-refractivity contribution in [2.45, 2.75) is 5.37 Å². The van der Waals surface area contributed by atoms with Crippen molar-refractivity contribution in [2.75, 3.05) is 10.7 Å². The molecule has 4 heteroatoms. The Bertz CT molecular complexity index is 585. The molecule has 1 fully saturated rings. The van der Waals surface area contributed by atoms with Crippen molar-refractivity contribution in [1.29, 1.82) is 0 Å². The third-order valence-electron chi connectivity index (χ3n) is 3.06. The molecule has 2 aromatic rings. The molecule has 0 N–H and O–H groups in total. The molecule has 1 atom stereocenters. The number of hydrogen-bond acceptors (Lipinski definition) is 2. The zero-order valence-electron chi connectivity index (χ0n) is 10.1. The normalized spacial score (nSPS) is 18.9. The van der Waals surface area contributed by atoms with Crippen LogP contribution in [0.15, 0.2) is 59.1 Å². The van der Waals surface area contributed by atoms with Gasteiger partial charge in [0.05, 0.1) is 5.75 Å². The van der Waals surface area contributed by atoms with Crippen molar-refractivity contribution in [3.05, 3.63) is 64.6 Å². The van der Waals surface area contributed by atoms with Crippen LogP contribution in [0, 0.1) is 0 Å². The Morgan fingerprint density at radius 1 is 1.05 bits per heavy atom. The van der Waals surface area contributed by atoms with Gasteiger partial charge in [0, 0.05) is 10.2 Å². The van der Waals surface area contributed by atoms with Gasteiger partial charge in [-0.3, -0.25) is 9.69 Å². The quantitative estimate of drug-likeness (QED) is 0.819. The number of carbonyl (C=O) groups is 1. The van der Waals surface area contributed by atoms with Gasteiger partial charge < -0.3 is 0 Å². The van der Waals surface area contributed by atoms with Crippen LogP contribution < -0.4 is 4.90 Å². The van der Waals surface area contributed by atoms with Crippen molar-refractivity contribution >= 4 is 39.3 Å². The molecule has 1 amide bonds. The lowest BCUT2D eigenvalue weighted by Crippen LogP contribution is -2.27. The molecule has 1 aliphatic rings. The highest BCUT2D eigenvalue weighted by Crippen LogP contribution is 2.41. The molecular formula is C15H12BrNOS.